The predicted molar refractivity (Wildman–Crippen MR) is 105 cm³/mol. The molecule has 0 aromatic heterocycles. The fourth-order valence-corrected chi connectivity index (χ4v) is 3.53. The maximum atomic E-state index is 13.0. The van der Waals surface area contributed by atoms with Gasteiger partial charge in [0.15, 0.2) is 11.5 Å². The van der Waals surface area contributed by atoms with Gasteiger partial charge in [-0.3, -0.25) is 14.9 Å². The molecule has 2 aromatic rings. The number of nitro groups is 1. The zero-order valence-corrected chi connectivity index (χ0v) is 16.0. The van der Waals surface area contributed by atoms with E-state index in [9.17, 15) is 14.9 Å². The van der Waals surface area contributed by atoms with Gasteiger partial charge in [-0.05, 0) is 24.3 Å². The number of rotatable bonds is 4. The third kappa shape index (κ3) is 3.75. The molecule has 1 saturated heterocycles. The summed E-state index contributed by atoms with van der Waals surface area (Å²) >= 11 is 0. The van der Waals surface area contributed by atoms with Crippen LogP contribution in [0.2, 0.25) is 0 Å². The molecule has 2 aliphatic rings. The number of amides is 1. The van der Waals surface area contributed by atoms with Crippen LogP contribution in [0, 0.1) is 10.1 Å². The minimum absolute atomic E-state index is 0.0649. The summed E-state index contributed by atoms with van der Waals surface area (Å²) < 4.78 is 16.6. The largest absolute Gasteiger partial charge is 0.493 e. The van der Waals surface area contributed by atoms with Crippen LogP contribution in [0.3, 0.4) is 0 Å². The van der Waals surface area contributed by atoms with Crippen molar-refractivity contribution < 1.29 is 23.9 Å². The third-order valence-electron chi connectivity index (χ3n) is 5.07. The zero-order valence-electron chi connectivity index (χ0n) is 16.0. The summed E-state index contributed by atoms with van der Waals surface area (Å²) in [6.45, 7) is 3.26. The van der Waals surface area contributed by atoms with Crippen molar-refractivity contribution in [3.63, 3.8) is 0 Å². The van der Waals surface area contributed by atoms with Gasteiger partial charge in [-0.25, -0.2) is 0 Å². The van der Waals surface area contributed by atoms with Gasteiger partial charge in [-0.1, -0.05) is 0 Å². The van der Waals surface area contributed by atoms with Gasteiger partial charge in [0.25, 0.3) is 11.6 Å². The Morgan fingerprint density at radius 3 is 2.41 bits per heavy atom. The van der Waals surface area contributed by atoms with Crippen molar-refractivity contribution in [2.75, 3.05) is 51.4 Å². The molecular formula is C20H21N3O6. The number of hydrogen-bond acceptors (Lipinski definition) is 7. The van der Waals surface area contributed by atoms with Crippen LogP contribution in [0.15, 0.2) is 36.4 Å². The van der Waals surface area contributed by atoms with Crippen molar-refractivity contribution in [1.29, 1.82) is 0 Å². The van der Waals surface area contributed by atoms with Crippen molar-refractivity contribution in [1.82, 2.24) is 4.90 Å². The first kappa shape index (κ1) is 18.9. The number of benzene rings is 2. The van der Waals surface area contributed by atoms with E-state index in [1.165, 1.54) is 19.2 Å². The van der Waals surface area contributed by atoms with E-state index in [4.69, 9.17) is 14.2 Å². The van der Waals surface area contributed by atoms with Gasteiger partial charge in [0, 0.05) is 49.6 Å². The Labute approximate surface area is 167 Å². The Bertz CT molecular complexity index is 905. The van der Waals surface area contributed by atoms with E-state index in [-0.39, 0.29) is 11.6 Å². The summed E-state index contributed by atoms with van der Waals surface area (Å²) in [5, 5.41) is 10.8. The molecule has 1 amide bonds. The summed E-state index contributed by atoms with van der Waals surface area (Å²) in [5.41, 5.74) is 1.47. The number of anilines is 1. The van der Waals surface area contributed by atoms with E-state index in [2.05, 4.69) is 4.90 Å². The van der Waals surface area contributed by atoms with E-state index < -0.39 is 4.92 Å². The van der Waals surface area contributed by atoms with Gasteiger partial charge in [-0.2, -0.15) is 0 Å². The number of nitrogens with zero attached hydrogens (tertiary/aromatic N) is 3. The number of ether oxygens (including phenoxy) is 3. The molecular weight excluding hydrogens is 378 g/mol. The monoisotopic (exact) mass is 399 g/mol. The van der Waals surface area contributed by atoms with Crippen LogP contribution in [0.25, 0.3) is 0 Å². The number of carbonyl (C=O) groups is 1. The Hall–Kier alpha value is -3.49. The van der Waals surface area contributed by atoms with Gasteiger partial charge in [-0.15, -0.1) is 0 Å². The van der Waals surface area contributed by atoms with Crippen LogP contribution in [-0.2, 0) is 0 Å². The molecule has 0 N–H and O–H groups in total. The van der Waals surface area contributed by atoms with Crippen molar-refractivity contribution in [3.05, 3.63) is 52.1 Å². The minimum Gasteiger partial charge on any atom is -0.493 e. The maximum Gasteiger partial charge on any atom is 0.269 e. The number of methoxy groups -OCH3 is 1. The van der Waals surface area contributed by atoms with E-state index in [1.807, 2.05) is 0 Å². The smallest absolute Gasteiger partial charge is 0.269 e. The Morgan fingerprint density at radius 1 is 1.07 bits per heavy atom. The highest BCUT2D eigenvalue weighted by Crippen LogP contribution is 2.40. The van der Waals surface area contributed by atoms with Gasteiger partial charge in [0.2, 0.25) is 5.75 Å². The molecule has 2 aliphatic heterocycles. The van der Waals surface area contributed by atoms with Crippen molar-refractivity contribution in [2.45, 2.75) is 0 Å². The second-order valence-corrected chi connectivity index (χ2v) is 6.76. The maximum absolute atomic E-state index is 13.0. The number of non-ortho nitro benzene ring substituents is 1. The molecule has 29 heavy (non-hydrogen) atoms. The molecule has 2 aromatic carbocycles. The highest BCUT2D eigenvalue weighted by molar-refractivity contribution is 5.96. The molecule has 0 aliphatic carbocycles. The lowest BCUT2D eigenvalue weighted by molar-refractivity contribution is -0.384. The highest BCUT2D eigenvalue weighted by Gasteiger charge is 2.26. The lowest BCUT2D eigenvalue weighted by Crippen LogP contribution is -2.48. The average Bonchev–Trinajstić information content (AvgIpc) is 2.78. The van der Waals surface area contributed by atoms with Crippen molar-refractivity contribution in [3.8, 4) is 17.2 Å². The van der Waals surface area contributed by atoms with Crippen LogP contribution >= 0.6 is 0 Å². The summed E-state index contributed by atoms with van der Waals surface area (Å²) in [4.78, 5) is 27.3. The molecule has 0 bridgehead atoms. The van der Waals surface area contributed by atoms with E-state index >= 15 is 0 Å². The molecule has 2 heterocycles. The quantitative estimate of drug-likeness (QED) is 0.575. The molecule has 0 unspecified atom stereocenters. The SMILES string of the molecule is COc1cc(C(=O)N2CCN(c3ccc([N+](=O)[O-])cc3)CC2)cc2c1OCCO2. The van der Waals surface area contributed by atoms with E-state index in [0.717, 1.165) is 5.69 Å². The van der Waals surface area contributed by atoms with Gasteiger partial charge < -0.3 is 24.0 Å². The number of fused-ring (bicyclic) bond motifs is 1. The topological polar surface area (TPSA) is 94.4 Å². The Morgan fingerprint density at radius 2 is 1.76 bits per heavy atom. The molecule has 0 radical (unpaired) electrons. The first-order valence-electron chi connectivity index (χ1n) is 9.33. The summed E-state index contributed by atoms with van der Waals surface area (Å²) in [7, 11) is 1.53. The zero-order chi connectivity index (χ0) is 20.4. The molecule has 9 heteroatoms. The lowest BCUT2D eigenvalue weighted by atomic mass is 10.1. The summed E-state index contributed by atoms with van der Waals surface area (Å²) in [6, 6.07) is 9.84. The molecule has 152 valence electrons. The van der Waals surface area contributed by atoms with Crippen LogP contribution in [-0.4, -0.2) is 62.2 Å². The normalized spacial score (nSPS) is 15.8. The van der Waals surface area contributed by atoms with Crippen LogP contribution in [0.4, 0.5) is 11.4 Å². The fourth-order valence-electron chi connectivity index (χ4n) is 3.53. The first-order chi connectivity index (χ1) is 14.1. The number of nitro benzene ring substituents is 1. The van der Waals surface area contributed by atoms with E-state index in [0.29, 0.717) is 62.2 Å². The van der Waals surface area contributed by atoms with Gasteiger partial charge in [0.1, 0.15) is 13.2 Å². The van der Waals surface area contributed by atoms with E-state index in [1.54, 1.807) is 29.2 Å². The standard InChI is InChI=1S/C20H21N3O6/c1-27-17-12-14(13-18-19(17)29-11-10-28-18)20(24)22-8-6-21(7-9-22)15-2-4-16(5-3-15)23(25)26/h2-5,12-13H,6-11H2,1H3. The second kappa shape index (κ2) is 7.86. The van der Waals surface area contributed by atoms with Crippen LogP contribution in [0.5, 0.6) is 17.2 Å². The molecule has 9 nitrogen and oxygen atoms in total. The molecule has 0 atom stereocenters. The number of carbonyl (C=O) groups excluding carboxylic acids is 1. The molecule has 0 saturated carbocycles. The van der Waals surface area contributed by atoms with Crippen molar-refractivity contribution in [2.24, 2.45) is 0 Å². The molecule has 1 fully saturated rings. The predicted octanol–water partition coefficient (Wildman–Crippen LogP) is 2.34. The fraction of sp³-hybridized carbons (Fsp3) is 0.350. The summed E-state index contributed by atoms with van der Waals surface area (Å²) in [6.07, 6.45) is 0. The highest BCUT2D eigenvalue weighted by atomic mass is 16.6. The average molecular weight is 399 g/mol. The lowest BCUT2D eigenvalue weighted by Gasteiger charge is -2.36. The van der Waals surface area contributed by atoms with Crippen LogP contribution in [0.1, 0.15) is 10.4 Å². The second-order valence-electron chi connectivity index (χ2n) is 6.76. The molecule has 4 rings (SSSR count). The minimum atomic E-state index is -0.415. The van der Waals surface area contributed by atoms with Crippen molar-refractivity contribution >= 4 is 17.3 Å². The molecule has 0 spiro atoms. The third-order valence-corrected chi connectivity index (χ3v) is 5.07. The number of hydrogen-bond donors (Lipinski definition) is 0. The van der Waals surface area contributed by atoms with Crippen LogP contribution < -0.4 is 19.1 Å². The van der Waals surface area contributed by atoms with Gasteiger partial charge in [0.05, 0.1) is 12.0 Å². The Balaban J connectivity index is 1.44. The van der Waals surface area contributed by atoms with Gasteiger partial charge >= 0.3 is 0 Å². The number of piperazine rings is 1. The first-order valence-corrected chi connectivity index (χ1v) is 9.33. The summed E-state index contributed by atoms with van der Waals surface area (Å²) in [5.74, 6) is 1.43. The Kier molecular flexibility index (Phi) is 5.11.